The Morgan fingerprint density at radius 2 is 2.27 bits per heavy atom. The molecule has 0 saturated carbocycles. The second kappa shape index (κ2) is 4.62. The second-order valence-electron chi connectivity index (χ2n) is 4.03. The van der Waals surface area contributed by atoms with Crippen LogP contribution in [0.4, 0.5) is 0 Å². The van der Waals surface area contributed by atoms with Crippen LogP contribution in [0.15, 0.2) is 24.5 Å². The van der Waals surface area contributed by atoms with Crippen LogP contribution < -0.4 is 5.32 Å². The van der Waals surface area contributed by atoms with Gasteiger partial charge in [-0.2, -0.15) is 0 Å². The number of carbonyl (C=O) groups excluding carboxylic acids is 1. The fraction of sp³-hybridized carbons (Fsp3) is 0.455. The molecule has 0 aliphatic carbocycles. The zero-order valence-electron chi connectivity index (χ0n) is 9.12. The molecule has 82 valence electrons. The lowest BCUT2D eigenvalue weighted by Crippen LogP contribution is -2.49. The molecule has 0 radical (unpaired) electrons. The zero-order chi connectivity index (χ0) is 11.5. The molecule has 0 aliphatic rings. The van der Waals surface area contributed by atoms with E-state index in [4.69, 9.17) is 11.6 Å². The van der Waals surface area contributed by atoms with E-state index in [1.165, 1.54) is 6.20 Å². The minimum absolute atomic E-state index is 0.141. The van der Waals surface area contributed by atoms with Crippen LogP contribution in [0.3, 0.4) is 0 Å². The van der Waals surface area contributed by atoms with Gasteiger partial charge in [-0.1, -0.05) is 0 Å². The highest BCUT2D eigenvalue weighted by atomic mass is 35.5. The van der Waals surface area contributed by atoms with Gasteiger partial charge >= 0.3 is 0 Å². The van der Waals surface area contributed by atoms with Crippen molar-refractivity contribution in [2.75, 3.05) is 0 Å². The number of hydrogen-bond donors (Lipinski definition) is 1. The molecule has 0 spiro atoms. The summed E-state index contributed by atoms with van der Waals surface area (Å²) in [4.78, 5) is 15.6. The van der Waals surface area contributed by atoms with Gasteiger partial charge in [0.2, 0.25) is 0 Å². The monoisotopic (exact) mass is 226 g/mol. The molecule has 0 saturated heterocycles. The average Bonchev–Trinajstić information content (AvgIpc) is 2.18. The predicted octanol–water partition coefficient (Wildman–Crippen LogP) is 2.22. The SMILES string of the molecule is CC(Cl)C(C)(C)NC(=O)c1cccnc1. The van der Waals surface area contributed by atoms with Crippen molar-refractivity contribution in [2.45, 2.75) is 31.7 Å². The number of aromatic nitrogens is 1. The first-order chi connectivity index (χ1) is 6.93. The van der Waals surface area contributed by atoms with Crippen molar-refractivity contribution in [3.8, 4) is 0 Å². The van der Waals surface area contributed by atoms with Crippen molar-refractivity contribution in [3.05, 3.63) is 30.1 Å². The maximum absolute atomic E-state index is 11.8. The molecule has 1 N–H and O–H groups in total. The molecule has 0 bridgehead atoms. The van der Waals surface area contributed by atoms with Crippen LogP contribution >= 0.6 is 11.6 Å². The lowest BCUT2D eigenvalue weighted by atomic mass is 10.0. The number of carbonyl (C=O) groups is 1. The number of alkyl halides is 1. The maximum Gasteiger partial charge on any atom is 0.253 e. The number of nitrogens with zero attached hydrogens (tertiary/aromatic N) is 1. The highest BCUT2D eigenvalue weighted by molar-refractivity contribution is 6.21. The minimum Gasteiger partial charge on any atom is -0.346 e. The van der Waals surface area contributed by atoms with Gasteiger partial charge in [0.05, 0.1) is 16.5 Å². The number of hydrogen-bond acceptors (Lipinski definition) is 2. The van der Waals surface area contributed by atoms with Gasteiger partial charge in [0.1, 0.15) is 0 Å². The van der Waals surface area contributed by atoms with Crippen molar-refractivity contribution < 1.29 is 4.79 Å². The largest absolute Gasteiger partial charge is 0.346 e. The number of halogens is 1. The van der Waals surface area contributed by atoms with E-state index in [1.54, 1.807) is 18.3 Å². The Hall–Kier alpha value is -1.09. The Morgan fingerprint density at radius 1 is 1.60 bits per heavy atom. The summed E-state index contributed by atoms with van der Waals surface area (Å²) in [5, 5.41) is 2.72. The van der Waals surface area contributed by atoms with E-state index in [2.05, 4.69) is 10.3 Å². The molecular weight excluding hydrogens is 212 g/mol. The van der Waals surface area contributed by atoms with E-state index in [1.807, 2.05) is 20.8 Å². The topological polar surface area (TPSA) is 42.0 Å². The number of rotatable bonds is 3. The van der Waals surface area contributed by atoms with Gasteiger partial charge in [0.25, 0.3) is 5.91 Å². The van der Waals surface area contributed by atoms with Crippen LogP contribution in [-0.2, 0) is 0 Å². The van der Waals surface area contributed by atoms with E-state index >= 15 is 0 Å². The molecule has 15 heavy (non-hydrogen) atoms. The first-order valence-corrected chi connectivity index (χ1v) is 5.24. The molecule has 0 aromatic carbocycles. The summed E-state index contributed by atoms with van der Waals surface area (Å²) < 4.78 is 0. The van der Waals surface area contributed by atoms with Crippen molar-refractivity contribution in [1.82, 2.24) is 10.3 Å². The molecule has 1 unspecified atom stereocenters. The van der Waals surface area contributed by atoms with Crippen molar-refractivity contribution in [3.63, 3.8) is 0 Å². The van der Waals surface area contributed by atoms with Crippen LogP contribution in [0.5, 0.6) is 0 Å². The average molecular weight is 227 g/mol. The second-order valence-corrected chi connectivity index (χ2v) is 4.69. The molecule has 0 fully saturated rings. The van der Waals surface area contributed by atoms with Gasteiger partial charge in [-0.15, -0.1) is 11.6 Å². The van der Waals surface area contributed by atoms with Crippen LogP contribution in [0.25, 0.3) is 0 Å². The summed E-state index contributed by atoms with van der Waals surface area (Å²) in [6.07, 6.45) is 3.16. The van der Waals surface area contributed by atoms with Gasteiger partial charge in [0, 0.05) is 12.4 Å². The third-order valence-corrected chi connectivity index (χ3v) is 2.90. The summed E-state index contributed by atoms with van der Waals surface area (Å²) in [6, 6.07) is 3.45. The summed E-state index contributed by atoms with van der Waals surface area (Å²) >= 11 is 5.97. The van der Waals surface area contributed by atoms with Crippen LogP contribution in [0.2, 0.25) is 0 Å². The van der Waals surface area contributed by atoms with Gasteiger partial charge < -0.3 is 5.32 Å². The molecule has 0 aliphatic heterocycles. The number of pyridine rings is 1. The Kier molecular flexibility index (Phi) is 3.69. The molecule has 1 rings (SSSR count). The highest BCUT2D eigenvalue weighted by Gasteiger charge is 2.26. The summed E-state index contributed by atoms with van der Waals surface area (Å²) in [5.74, 6) is -0.152. The van der Waals surface area contributed by atoms with Gasteiger partial charge in [-0.3, -0.25) is 9.78 Å². The standard InChI is InChI=1S/C11H15ClN2O/c1-8(12)11(2,3)14-10(15)9-5-4-6-13-7-9/h4-8H,1-3H3,(H,14,15). The Balaban J connectivity index is 2.73. The molecular formula is C11H15ClN2O. The molecule has 4 heteroatoms. The van der Waals surface area contributed by atoms with Crippen LogP contribution in [0, 0.1) is 0 Å². The van der Waals surface area contributed by atoms with E-state index in [-0.39, 0.29) is 11.3 Å². The van der Waals surface area contributed by atoms with Gasteiger partial charge in [-0.05, 0) is 32.9 Å². The first-order valence-electron chi connectivity index (χ1n) is 4.80. The smallest absolute Gasteiger partial charge is 0.253 e. The van der Waals surface area contributed by atoms with E-state index in [0.29, 0.717) is 5.56 Å². The fourth-order valence-electron chi connectivity index (χ4n) is 0.961. The normalized spacial score (nSPS) is 13.3. The van der Waals surface area contributed by atoms with Crippen molar-refractivity contribution >= 4 is 17.5 Å². The fourth-order valence-corrected chi connectivity index (χ4v) is 1.02. The Bertz CT molecular complexity index is 336. The Labute approximate surface area is 94.9 Å². The van der Waals surface area contributed by atoms with Crippen LogP contribution in [-0.4, -0.2) is 21.8 Å². The number of amides is 1. The summed E-state index contributed by atoms with van der Waals surface area (Å²) in [7, 11) is 0. The molecule has 1 aromatic heterocycles. The molecule has 1 amide bonds. The van der Waals surface area contributed by atoms with Crippen molar-refractivity contribution in [1.29, 1.82) is 0 Å². The lowest BCUT2D eigenvalue weighted by Gasteiger charge is -2.28. The van der Waals surface area contributed by atoms with Gasteiger partial charge in [0.15, 0.2) is 0 Å². The van der Waals surface area contributed by atoms with Crippen molar-refractivity contribution in [2.24, 2.45) is 0 Å². The van der Waals surface area contributed by atoms with E-state index in [0.717, 1.165) is 0 Å². The third-order valence-electron chi connectivity index (χ3n) is 2.35. The quantitative estimate of drug-likeness (QED) is 0.803. The lowest BCUT2D eigenvalue weighted by molar-refractivity contribution is 0.0912. The highest BCUT2D eigenvalue weighted by Crippen LogP contribution is 2.15. The predicted molar refractivity (Wildman–Crippen MR) is 61.1 cm³/mol. The first kappa shape index (κ1) is 12.0. The van der Waals surface area contributed by atoms with Crippen LogP contribution in [0.1, 0.15) is 31.1 Å². The third kappa shape index (κ3) is 3.20. The Morgan fingerprint density at radius 3 is 2.73 bits per heavy atom. The summed E-state index contributed by atoms with van der Waals surface area (Å²) in [5.41, 5.74) is 0.108. The van der Waals surface area contributed by atoms with E-state index in [9.17, 15) is 4.79 Å². The molecule has 1 aromatic rings. The maximum atomic E-state index is 11.8. The molecule has 1 atom stereocenters. The zero-order valence-corrected chi connectivity index (χ0v) is 9.88. The van der Waals surface area contributed by atoms with Gasteiger partial charge in [-0.25, -0.2) is 0 Å². The molecule has 3 nitrogen and oxygen atoms in total. The number of nitrogens with one attached hydrogen (secondary N) is 1. The summed E-state index contributed by atoms with van der Waals surface area (Å²) in [6.45, 7) is 5.63. The van der Waals surface area contributed by atoms with E-state index < -0.39 is 5.54 Å². The molecule has 1 heterocycles. The minimum atomic E-state index is -0.436.